The number of piperidine rings is 1. The van der Waals surface area contributed by atoms with Crippen molar-refractivity contribution in [1.82, 2.24) is 15.5 Å². The zero-order valence-electron chi connectivity index (χ0n) is 25.9. The Balaban J connectivity index is 0.00000124. The van der Waals surface area contributed by atoms with Crippen molar-refractivity contribution in [3.05, 3.63) is 69.8 Å². The third kappa shape index (κ3) is 10.7. The Morgan fingerprint density at radius 2 is 1.73 bits per heavy atom. The molecule has 1 aliphatic carbocycles. The van der Waals surface area contributed by atoms with Crippen LogP contribution in [0.5, 0.6) is 5.75 Å². The normalized spacial score (nSPS) is 21.5. The highest BCUT2D eigenvalue weighted by molar-refractivity contribution is 7.99. The topological polar surface area (TPSA) is 165 Å². The number of phenols is 1. The first-order valence-corrected chi connectivity index (χ1v) is 16.1. The van der Waals surface area contributed by atoms with E-state index in [4.69, 9.17) is 15.3 Å². The van der Waals surface area contributed by atoms with Gasteiger partial charge in [0.25, 0.3) is 11.0 Å². The Morgan fingerprint density at radius 3 is 2.36 bits per heavy atom. The lowest BCUT2D eigenvalue weighted by molar-refractivity contribution is -0.742. The predicted octanol–water partition coefficient (Wildman–Crippen LogP) is 4.40. The summed E-state index contributed by atoms with van der Waals surface area (Å²) >= 11 is 1.57. The molecule has 2 aromatic carbocycles. The Labute approximate surface area is 263 Å². The lowest BCUT2D eigenvalue weighted by Crippen LogP contribution is -2.60. The largest absolute Gasteiger partial charge is 0.508 e. The molecule has 4 rings (SSSR count). The first-order valence-electron chi connectivity index (χ1n) is 15.1. The fourth-order valence-corrected chi connectivity index (χ4v) is 7.09. The van der Waals surface area contributed by atoms with Gasteiger partial charge in [0.05, 0.1) is 18.2 Å². The molecule has 5 atom stereocenters. The molecule has 5 N–H and O–H groups in total. The summed E-state index contributed by atoms with van der Waals surface area (Å²) in [5.74, 6) is 1.27. The maximum atomic E-state index is 13.5. The van der Waals surface area contributed by atoms with Gasteiger partial charge in [0, 0.05) is 40.4 Å². The molecule has 0 spiro atoms. The van der Waals surface area contributed by atoms with Gasteiger partial charge >= 0.3 is 0 Å². The van der Waals surface area contributed by atoms with Gasteiger partial charge in [0.1, 0.15) is 5.75 Å². The number of hydrogen-bond donors (Lipinski definition) is 5. The number of hydrogen-bond acceptors (Lipinski definition) is 8. The Bertz CT molecular complexity index is 1250. The van der Waals surface area contributed by atoms with Crippen molar-refractivity contribution in [2.45, 2.75) is 88.4 Å². The zero-order chi connectivity index (χ0) is 32.4. The van der Waals surface area contributed by atoms with E-state index in [-0.39, 0.29) is 29.1 Å². The van der Waals surface area contributed by atoms with Crippen LogP contribution in [0.3, 0.4) is 0 Å². The molecular formula is C32H46N4O7S. The summed E-state index contributed by atoms with van der Waals surface area (Å²) in [6.07, 6.45) is 4.67. The molecule has 1 heterocycles. The number of carbonyl (C=O) groups excluding carboxylic acids is 2. The summed E-state index contributed by atoms with van der Waals surface area (Å²) in [5.41, 5.74) is 0.543. The minimum absolute atomic E-state index is 0.0124. The minimum atomic E-state index is -1.50. The molecule has 0 radical (unpaired) electrons. The summed E-state index contributed by atoms with van der Waals surface area (Å²) < 4.78 is 0. The van der Waals surface area contributed by atoms with Crippen LogP contribution in [0, 0.1) is 28.9 Å². The standard InChI is InChI=1S/C32H45N3O4S.HNO3/c1-21-25(15-10-16-28(21)36)30(38)33-26(20-40-24-13-6-5-7-14-24)29(37)19-35-18-23-12-9-8-11-22(23)17-27(35)31(39)34-32(2,3)4;2-1(3)4/h5-7,10,13-16,22-23,26-27,29,36-37H,8-9,11-12,17-20H2,1-4H3,(H,33,38)(H,34,39);(H,2,3,4)/t22-,23+,26-,27-,29+;/m0./s1. The highest BCUT2D eigenvalue weighted by Crippen LogP contribution is 2.39. The molecule has 0 aromatic heterocycles. The number of fused-ring (bicyclic) bond motifs is 1. The van der Waals surface area contributed by atoms with E-state index in [1.165, 1.54) is 12.8 Å². The monoisotopic (exact) mass is 630 g/mol. The van der Waals surface area contributed by atoms with Crippen LogP contribution in [-0.4, -0.2) is 79.8 Å². The summed E-state index contributed by atoms with van der Waals surface area (Å²) in [6.45, 7) is 8.76. The molecule has 242 valence electrons. The average Bonchev–Trinajstić information content (AvgIpc) is 2.95. The predicted molar refractivity (Wildman–Crippen MR) is 169 cm³/mol. The fourth-order valence-electron chi connectivity index (χ4n) is 6.06. The molecular weight excluding hydrogens is 584 g/mol. The molecule has 12 heteroatoms. The first kappa shape index (κ1) is 35.1. The average molecular weight is 631 g/mol. The molecule has 11 nitrogen and oxygen atoms in total. The van der Waals surface area contributed by atoms with E-state index in [1.807, 2.05) is 51.1 Å². The van der Waals surface area contributed by atoms with Crippen molar-refractivity contribution in [1.29, 1.82) is 0 Å². The van der Waals surface area contributed by atoms with Crippen LogP contribution in [0.1, 0.15) is 68.8 Å². The Morgan fingerprint density at radius 1 is 1.09 bits per heavy atom. The van der Waals surface area contributed by atoms with Crippen molar-refractivity contribution < 1.29 is 30.1 Å². The number of rotatable bonds is 9. The van der Waals surface area contributed by atoms with E-state index in [1.54, 1.807) is 36.9 Å². The second-order valence-corrected chi connectivity index (χ2v) is 13.8. The van der Waals surface area contributed by atoms with Gasteiger partial charge in [-0.1, -0.05) is 43.5 Å². The van der Waals surface area contributed by atoms with Crippen molar-refractivity contribution in [3.63, 3.8) is 0 Å². The van der Waals surface area contributed by atoms with Crippen LogP contribution in [0.4, 0.5) is 0 Å². The lowest BCUT2D eigenvalue weighted by atomic mass is 9.72. The zero-order valence-corrected chi connectivity index (χ0v) is 26.8. The van der Waals surface area contributed by atoms with Gasteiger partial charge in [-0.3, -0.25) is 14.5 Å². The number of aliphatic hydroxyl groups excluding tert-OH is 1. The summed E-state index contributed by atoms with van der Waals surface area (Å²) in [7, 11) is 0. The minimum Gasteiger partial charge on any atom is -0.508 e. The number of aliphatic hydroxyl groups is 1. The maximum Gasteiger partial charge on any atom is 0.291 e. The van der Waals surface area contributed by atoms with Gasteiger partial charge in [0.2, 0.25) is 5.91 Å². The molecule has 1 saturated carbocycles. The molecule has 2 aliphatic rings. The van der Waals surface area contributed by atoms with E-state index >= 15 is 0 Å². The second kappa shape index (κ2) is 16.1. The van der Waals surface area contributed by atoms with Crippen molar-refractivity contribution >= 4 is 23.6 Å². The number of aromatic hydroxyl groups is 1. The number of likely N-dealkylation sites (tertiary alicyclic amines) is 1. The molecule has 2 amide bonds. The lowest BCUT2D eigenvalue weighted by Gasteiger charge is -2.47. The molecule has 44 heavy (non-hydrogen) atoms. The molecule has 2 fully saturated rings. The smallest absolute Gasteiger partial charge is 0.291 e. The van der Waals surface area contributed by atoms with E-state index in [9.17, 15) is 19.8 Å². The van der Waals surface area contributed by atoms with Crippen LogP contribution in [0.2, 0.25) is 0 Å². The highest BCUT2D eigenvalue weighted by Gasteiger charge is 2.41. The van der Waals surface area contributed by atoms with Crippen LogP contribution in [0.15, 0.2) is 53.4 Å². The molecule has 1 aliphatic heterocycles. The van der Waals surface area contributed by atoms with Crippen molar-refractivity contribution in [2.24, 2.45) is 11.8 Å². The third-order valence-corrected chi connectivity index (χ3v) is 9.36. The molecule has 0 bridgehead atoms. The van der Waals surface area contributed by atoms with Crippen LogP contribution in [0.25, 0.3) is 0 Å². The molecule has 0 unspecified atom stereocenters. The van der Waals surface area contributed by atoms with Crippen LogP contribution in [-0.2, 0) is 4.79 Å². The van der Waals surface area contributed by atoms with Gasteiger partial charge < -0.3 is 26.1 Å². The maximum absolute atomic E-state index is 13.5. The number of nitrogens with zero attached hydrogens (tertiary/aromatic N) is 2. The number of thioether (sulfide) groups is 1. The summed E-state index contributed by atoms with van der Waals surface area (Å²) in [6, 6.07) is 13.9. The number of amides is 2. The number of β-amino-alcohol motifs (C(OH)–C–C–N with tert-alkyl or cyclic N) is 1. The molecule has 1 saturated heterocycles. The third-order valence-electron chi connectivity index (χ3n) is 8.23. The second-order valence-electron chi connectivity index (χ2n) is 12.7. The number of phenolic OH excluding ortho intramolecular Hbond substituents is 1. The SMILES string of the molecule is Cc1c(O)cccc1C(=O)N[C@@H](CSc1ccccc1)[C@H](O)CN1C[C@H]2CCCC[C@H]2C[C@H]1C(=O)NC(C)(C)C.O=[N+]([O-])O. The first-order chi connectivity index (χ1) is 20.7. The van der Waals surface area contributed by atoms with Crippen molar-refractivity contribution in [2.75, 3.05) is 18.8 Å². The highest BCUT2D eigenvalue weighted by atomic mass is 32.2. The van der Waals surface area contributed by atoms with Gasteiger partial charge in [-0.2, -0.15) is 0 Å². The van der Waals surface area contributed by atoms with Crippen LogP contribution >= 0.6 is 11.8 Å². The summed E-state index contributed by atoms with van der Waals surface area (Å²) in [5, 5.41) is 41.6. The van der Waals surface area contributed by atoms with Gasteiger partial charge in [-0.15, -0.1) is 21.9 Å². The fraction of sp³-hybridized carbons (Fsp3) is 0.562. The Hall–Kier alpha value is -3.35. The van der Waals surface area contributed by atoms with E-state index in [0.717, 1.165) is 30.7 Å². The van der Waals surface area contributed by atoms with Crippen LogP contribution < -0.4 is 10.6 Å². The summed E-state index contributed by atoms with van der Waals surface area (Å²) in [4.78, 5) is 38.4. The number of benzene rings is 2. The van der Waals surface area contributed by atoms with E-state index < -0.39 is 17.2 Å². The quantitative estimate of drug-likeness (QED) is 0.153. The van der Waals surface area contributed by atoms with E-state index in [0.29, 0.717) is 35.3 Å². The van der Waals surface area contributed by atoms with E-state index in [2.05, 4.69) is 15.5 Å². The van der Waals surface area contributed by atoms with Gasteiger partial charge in [-0.25, -0.2) is 0 Å². The number of nitrogens with one attached hydrogen (secondary N) is 2. The molecule has 2 aromatic rings. The number of carbonyl (C=O) groups is 2. The van der Waals surface area contributed by atoms with Gasteiger partial charge in [-0.05, 0) is 76.6 Å². The Kier molecular flexibility index (Phi) is 12.9. The van der Waals surface area contributed by atoms with Gasteiger partial charge in [0.15, 0.2) is 0 Å². The van der Waals surface area contributed by atoms with Crippen molar-refractivity contribution in [3.8, 4) is 5.75 Å².